The molecule has 3 aromatic rings. The van der Waals surface area contributed by atoms with Gasteiger partial charge in [-0.05, 0) is 24.3 Å². The minimum Gasteiger partial charge on any atom is -0.366 e. The average Bonchev–Trinajstić information content (AvgIpc) is 2.73. The fourth-order valence-electron chi connectivity index (χ4n) is 3.31. The molecule has 4 rings (SSSR count). The van der Waals surface area contributed by atoms with Gasteiger partial charge in [-0.25, -0.2) is 18.0 Å². The highest BCUT2D eigenvalue weighted by molar-refractivity contribution is 5.99. The van der Waals surface area contributed by atoms with Gasteiger partial charge in [0.2, 0.25) is 0 Å². The molecule has 1 fully saturated rings. The molecule has 2 aromatic carbocycles. The first kappa shape index (κ1) is 18.1. The summed E-state index contributed by atoms with van der Waals surface area (Å²) in [6, 6.07) is 11.1. The number of para-hydroxylation sites is 1. The number of amides is 2. The molecule has 1 aliphatic heterocycles. The molecule has 0 spiro atoms. The number of anilines is 2. The van der Waals surface area contributed by atoms with Gasteiger partial charge in [-0.2, -0.15) is 0 Å². The van der Waals surface area contributed by atoms with E-state index in [9.17, 15) is 18.0 Å². The van der Waals surface area contributed by atoms with Crippen molar-refractivity contribution in [1.82, 2.24) is 9.88 Å². The van der Waals surface area contributed by atoms with E-state index in [1.165, 1.54) is 6.07 Å². The van der Waals surface area contributed by atoms with Crippen molar-refractivity contribution >= 4 is 28.3 Å². The van der Waals surface area contributed by atoms with Gasteiger partial charge < -0.3 is 15.1 Å². The molecular formula is C20H17F3N4O. The summed E-state index contributed by atoms with van der Waals surface area (Å²) in [7, 11) is 0. The van der Waals surface area contributed by atoms with E-state index >= 15 is 0 Å². The van der Waals surface area contributed by atoms with Crippen molar-refractivity contribution in [2.75, 3.05) is 36.4 Å². The number of halogens is 3. The Morgan fingerprint density at radius 2 is 1.68 bits per heavy atom. The molecule has 28 heavy (non-hydrogen) atoms. The van der Waals surface area contributed by atoms with Crippen LogP contribution in [0.2, 0.25) is 0 Å². The number of carbonyl (C=O) groups excluding carboxylic acids is 1. The number of urea groups is 1. The van der Waals surface area contributed by atoms with E-state index in [4.69, 9.17) is 0 Å². The van der Waals surface area contributed by atoms with Crippen LogP contribution in [0.5, 0.6) is 0 Å². The fraction of sp³-hybridized carbons (Fsp3) is 0.200. The summed E-state index contributed by atoms with van der Waals surface area (Å²) >= 11 is 0. The standard InChI is InChI=1S/C20H17F3N4O/c21-14-6-7-16(18(23)17(14)22)26-9-11-27(12-10-26)20(28)25-15-5-1-3-13-4-2-8-24-19(13)15/h1-8H,9-12H2,(H,25,28). The Morgan fingerprint density at radius 1 is 0.929 bits per heavy atom. The van der Waals surface area contributed by atoms with Crippen molar-refractivity contribution in [1.29, 1.82) is 0 Å². The van der Waals surface area contributed by atoms with Crippen LogP contribution in [0.25, 0.3) is 10.9 Å². The van der Waals surface area contributed by atoms with Gasteiger partial charge in [0.15, 0.2) is 17.5 Å². The zero-order valence-corrected chi connectivity index (χ0v) is 14.8. The third kappa shape index (κ3) is 3.33. The normalized spacial score (nSPS) is 14.4. The molecule has 1 saturated heterocycles. The monoisotopic (exact) mass is 386 g/mol. The summed E-state index contributed by atoms with van der Waals surface area (Å²) in [6.07, 6.45) is 1.66. The summed E-state index contributed by atoms with van der Waals surface area (Å²) < 4.78 is 40.6. The van der Waals surface area contributed by atoms with E-state index in [0.29, 0.717) is 37.4 Å². The largest absolute Gasteiger partial charge is 0.366 e. The Morgan fingerprint density at radius 3 is 2.46 bits per heavy atom. The van der Waals surface area contributed by atoms with Gasteiger partial charge in [-0.1, -0.05) is 18.2 Å². The fourth-order valence-corrected chi connectivity index (χ4v) is 3.31. The molecule has 0 saturated carbocycles. The zero-order valence-electron chi connectivity index (χ0n) is 14.8. The molecule has 144 valence electrons. The van der Waals surface area contributed by atoms with Gasteiger partial charge in [0.25, 0.3) is 0 Å². The molecule has 2 amide bonds. The minimum atomic E-state index is -1.49. The molecule has 0 bridgehead atoms. The molecular weight excluding hydrogens is 369 g/mol. The van der Waals surface area contributed by atoms with Gasteiger partial charge in [0.05, 0.1) is 16.9 Å². The number of carbonyl (C=O) groups is 1. The quantitative estimate of drug-likeness (QED) is 0.677. The van der Waals surface area contributed by atoms with E-state index < -0.39 is 17.5 Å². The molecule has 0 atom stereocenters. The van der Waals surface area contributed by atoms with Gasteiger partial charge >= 0.3 is 6.03 Å². The second-order valence-electron chi connectivity index (χ2n) is 6.48. The summed E-state index contributed by atoms with van der Waals surface area (Å²) in [5, 5.41) is 3.78. The van der Waals surface area contributed by atoms with E-state index in [-0.39, 0.29) is 11.7 Å². The number of hydrogen-bond donors (Lipinski definition) is 1. The van der Waals surface area contributed by atoms with Crippen molar-refractivity contribution in [3.8, 4) is 0 Å². The first-order valence-electron chi connectivity index (χ1n) is 8.83. The Balaban J connectivity index is 1.44. The van der Waals surface area contributed by atoms with Gasteiger partial charge in [-0.3, -0.25) is 4.98 Å². The van der Waals surface area contributed by atoms with Crippen LogP contribution in [0.1, 0.15) is 0 Å². The number of hydrogen-bond acceptors (Lipinski definition) is 3. The lowest BCUT2D eigenvalue weighted by atomic mass is 10.2. The molecule has 1 N–H and O–H groups in total. The lowest BCUT2D eigenvalue weighted by Gasteiger charge is -2.36. The van der Waals surface area contributed by atoms with Crippen LogP contribution >= 0.6 is 0 Å². The third-order valence-corrected chi connectivity index (χ3v) is 4.80. The number of pyridine rings is 1. The van der Waals surface area contributed by atoms with Crippen LogP contribution in [-0.2, 0) is 0 Å². The maximum atomic E-state index is 14.0. The predicted octanol–water partition coefficient (Wildman–Crippen LogP) is 4.01. The lowest BCUT2D eigenvalue weighted by molar-refractivity contribution is 0.208. The van der Waals surface area contributed by atoms with Crippen LogP contribution < -0.4 is 10.2 Å². The number of rotatable bonds is 2. The second-order valence-corrected chi connectivity index (χ2v) is 6.48. The maximum Gasteiger partial charge on any atom is 0.322 e. The maximum absolute atomic E-state index is 14.0. The van der Waals surface area contributed by atoms with Crippen LogP contribution in [0.3, 0.4) is 0 Å². The number of nitrogens with one attached hydrogen (secondary N) is 1. The summed E-state index contributed by atoms with van der Waals surface area (Å²) in [4.78, 5) is 20.1. The number of aromatic nitrogens is 1. The number of fused-ring (bicyclic) bond motifs is 1. The molecule has 0 aliphatic carbocycles. The summed E-state index contributed by atoms with van der Waals surface area (Å²) in [6.45, 7) is 1.26. The van der Waals surface area contributed by atoms with E-state index in [0.717, 1.165) is 11.5 Å². The molecule has 0 radical (unpaired) electrons. The highest BCUT2D eigenvalue weighted by Crippen LogP contribution is 2.25. The van der Waals surface area contributed by atoms with Crippen molar-refractivity contribution < 1.29 is 18.0 Å². The van der Waals surface area contributed by atoms with Crippen molar-refractivity contribution in [2.24, 2.45) is 0 Å². The minimum absolute atomic E-state index is 0.00258. The van der Waals surface area contributed by atoms with Crippen molar-refractivity contribution in [3.05, 3.63) is 66.1 Å². The Labute approximate surface area is 159 Å². The van der Waals surface area contributed by atoms with Crippen molar-refractivity contribution in [2.45, 2.75) is 0 Å². The third-order valence-electron chi connectivity index (χ3n) is 4.80. The van der Waals surface area contributed by atoms with Gasteiger partial charge in [0.1, 0.15) is 0 Å². The smallest absolute Gasteiger partial charge is 0.322 e. The van der Waals surface area contributed by atoms with Crippen LogP contribution in [0.4, 0.5) is 29.3 Å². The average molecular weight is 386 g/mol. The van der Waals surface area contributed by atoms with Crippen LogP contribution in [0.15, 0.2) is 48.7 Å². The predicted molar refractivity (Wildman–Crippen MR) is 101 cm³/mol. The Bertz CT molecular complexity index is 1030. The SMILES string of the molecule is O=C(Nc1cccc2cccnc12)N1CCN(c2ccc(F)c(F)c2F)CC1. The zero-order chi connectivity index (χ0) is 19.7. The van der Waals surface area contributed by atoms with Crippen LogP contribution in [-0.4, -0.2) is 42.1 Å². The molecule has 8 heteroatoms. The first-order valence-corrected chi connectivity index (χ1v) is 8.83. The Kier molecular flexibility index (Phi) is 4.77. The van der Waals surface area contributed by atoms with E-state index in [1.807, 2.05) is 24.3 Å². The topological polar surface area (TPSA) is 48.5 Å². The first-order chi connectivity index (χ1) is 13.5. The molecule has 0 unspecified atom stereocenters. The Hall–Kier alpha value is -3.29. The van der Waals surface area contributed by atoms with E-state index in [2.05, 4.69) is 10.3 Å². The highest BCUT2D eigenvalue weighted by Gasteiger charge is 2.25. The van der Waals surface area contributed by atoms with Crippen LogP contribution in [0, 0.1) is 17.5 Å². The highest BCUT2D eigenvalue weighted by atomic mass is 19.2. The van der Waals surface area contributed by atoms with E-state index in [1.54, 1.807) is 22.1 Å². The number of benzene rings is 2. The molecule has 1 aliphatic rings. The number of nitrogens with zero attached hydrogens (tertiary/aromatic N) is 3. The summed E-state index contributed by atoms with van der Waals surface area (Å²) in [5.41, 5.74) is 1.30. The lowest BCUT2D eigenvalue weighted by Crippen LogP contribution is -2.50. The second kappa shape index (κ2) is 7.38. The summed E-state index contributed by atoms with van der Waals surface area (Å²) in [5.74, 6) is -3.91. The van der Waals surface area contributed by atoms with Gasteiger partial charge in [-0.15, -0.1) is 0 Å². The molecule has 1 aromatic heterocycles. The molecule has 2 heterocycles. The number of piperazine rings is 1. The van der Waals surface area contributed by atoms with Gasteiger partial charge in [0, 0.05) is 37.8 Å². The molecule has 5 nitrogen and oxygen atoms in total. The van der Waals surface area contributed by atoms with Crippen molar-refractivity contribution in [3.63, 3.8) is 0 Å².